The molecular weight excluding hydrogens is 293 g/mol. The summed E-state index contributed by atoms with van der Waals surface area (Å²) in [7, 11) is 0. The maximum absolute atomic E-state index is 9.65. The van der Waals surface area contributed by atoms with Gasteiger partial charge in [0.1, 0.15) is 0 Å². The molecule has 0 bridgehead atoms. The summed E-state index contributed by atoms with van der Waals surface area (Å²) in [5.74, 6) is -0.943. The van der Waals surface area contributed by atoms with Crippen molar-refractivity contribution in [1.82, 2.24) is 0 Å². The van der Waals surface area contributed by atoms with Crippen LogP contribution in [0.2, 0.25) is 0 Å². The van der Waals surface area contributed by atoms with Crippen LogP contribution < -0.4 is 5.11 Å². The van der Waals surface area contributed by atoms with Crippen molar-refractivity contribution < 1.29 is 37.6 Å². The molecule has 0 atom stereocenters. The first-order chi connectivity index (χ1) is 3.27. The van der Waals surface area contributed by atoms with E-state index in [1.807, 2.05) is 6.92 Å². The molecule has 1 radical (unpaired) electrons. The number of carbonyl (C=O) groups excluding carboxylic acids is 1. The minimum atomic E-state index is -0.943. The third kappa shape index (κ3) is 9.64. The molecule has 0 aromatic rings. The Balaban J connectivity index is 0. The zero-order valence-electron chi connectivity index (χ0n) is 5.14. The van der Waals surface area contributed by atoms with Crippen LogP contribution in [0.15, 0.2) is 0 Å². The molecule has 0 saturated carbocycles. The largest absolute Gasteiger partial charge is 1.00 e. The molecule has 0 rings (SSSR count). The first-order valence-electron chi connectivity index (χ1n) is 2.47. The van der Waals surface area contributed by atoms with Crippen LogP contribution in [0.25, 0.3) is 0 Å². The van der Waals surface area contributed by atoms with E-state index in [1.54, 1.807) is 0 Å². The second-order valence-electron chi connectivity index (χ2n) is 1.48. The molecule has 0 heterocycles. The van der Waals surface area contributed by atoms with Crippen LogP contribution in [0.5, 0.6) is 0 Å². The van der Waals surface area contributed by atoms with Gasteiger partial charge in [-0.3, -0.25) is 0 Å². The van der Waals surface area contributed by atoms with Gasteiger partial charge in [-0.2, -0.15) is 0 Å². The van der Waals surface area contributed by atoms with E-state index in [0.717, 1.165) is 12.8 Å². The van der Waals surface area contributed by atoms with Crippen molar-refractivity contribution in [2.45, 2.75) is 26.2 Å². The van der Waals surface area contributed by atoms with Gasteiger partial charge >= 0.3 is 27.7 Å². The van der Waals surface area contributed by atoms with Gasteiger partial charge in [-0.05, 0) is 12.8 Å². The van der Waals surface area contributed by atoms with E-state index in [1.165, 1.54) is 0 Å². The van der Waals surface area contributed by atoms with E-state index in [2.05, 4.69) is 0 Å². The van der Waals surface area contributed by atoms with Gasteiger partial charge in [0.05, 0.1) is 0 Å². The standard InChI is InChI=1S/C5H10O2.Hg/c1-2-3-4-5(6)7;/h2-4H2,1H3,(H,6,7);/q;+1/p-1. The van der Waals surface area contributed by atoms with E-state index >= 15 is 0 Å². The second kappa shape index (κ2) is 7.41. The molecule has 8 heavy (non-hydrogen) atoms. The van der Waals surface area contributed by atoms with Crippen LogP contribution in [0, 0.1) is 0 Å². The quantitative estimate of drug-likeness (QED) is 0.684. The Hall–Kier alpha value is 0.405. The molecule has 0 aromatic heterocycles. The number of hydrogen-bond donors (Lipinski definition) is 0. The molecule has 43 valence electrons. The smallest absolute Gasteiger partial charge is 0.550 e. The maximum Gasteiger partial charge on any atom is 1.00 e. The average molecular weight is 302 g/mol. The summed E-state index contributed by atoms with van der Waals surface area (Å²) in [4.78, 5) is 9.65. The number of carboxylic acids is 1. The molecule has 0 aliphatic carbocycles. The van der Waals surface area contributed by atoms with Crippen LogP contribution in [-0.2, 0) is 32.5 Å². The predicted molar refractivity (Wildman–Crippen MR) is 24.5 cm³/mol. The molecule has 0 aliphatic heterocycles. The molecule has 0 aliphatic rings. The fourth-order valence-electron chi connectivity index (χ4n) is 0.321. The average Bonchev–Trinajstić information content (AvgIpc) is 1.61. The Morgan fingerprint density at radius 2 is 2.12 bits per heavy atom. The van der Waals surface area contributed by atoms with Gasteiger partial charge in [0, 0.05) is 5.97 Å². The molecule has 0 N–H and O–H groups in total. The summed E-state index contributed by atoms with van der Waals surface area (Å²) in [6.07, 6.45) is 1.87. The number of aliphatic carboxylic acids is 1. The van der Waals surface area contributed by atoms with Crippen molar-refractivity contribution in [3.05, 3.63) is 0 Å². The first kappa shape index (κ1) is 11.2. The molecule has 0 fully saturated rings. The van der Waals surface area contributed by atoms with E-state index in [4.69, 9.17) is 0 Å². The van der Waals surface area contributed by atoms with Crippen LogP contribution in [-0.4, -0.2) is 5.97 Å². The zero-order chi connectivity index (χ0) is 5.70. The minimum Gasteiger partial charge on any atom is -0.550 e. The SMILES string of the molecule is CCCCC(=O)[O-].[Hg+]. The van der Waals surface area contributed by atoms with Crippen molar-refractivity contribution in [2.24, 2.45) is 0 Å². The Labute approximate surface area is 69.8 Å². The first-order valence-corrected chi connectivity index (χ1v) is 2.47. The normalized spacial score (nSPS) is 7.62. The fraction of sp³-hybridized carbons (Fsp3) is 0.800. The monoisotopic (exact) mass is 303 g/mol. The molecule has 0 spiro atoms. The topological polar surface area (TPSA) is 40.1 Å². The number of unbranched alkanes of at least 4 members (excludes halogenated alkanes) is 1. The maximum atomic E-state index is 9.65. The molecule has 0 amide bonds. The third-order valence-electron chi connectivity index (χ3n) is 0.734. The van der Waals surface area contributed by atoms with Crippen molar-refractivity contribution >= 4 is 5.97 Å². The Morgan fingerprint density at radius 3 is 2.25 bits per heavy atom. The van der Waals surface area contributed by atoms with Gasteiger partial charge in [-0.1, -0.05) is 13.3 Å². The molecule has 2 nitrogen and oxygen atoms in total. The summed E-state index contributed by atoms with van der Waals surface area (Å²) < 4.78 is 0. The Morgan fingerprint density at radius 1 is 1.62 bits per heavy atom. The zero-order valence-corrected chi connectivity index (χ0v) is 10.6. The van der Waals surface area contributed by atoms with Gasteiger partial charge in [0.2, 0.25) is 0 Å². The fourth-order valence-corrected chi connectivity index (χ4v) is 0.321. The summed E-state index contributed by atoms with van der Waals surface area (Å²) in [6, 6.07) is 0. The summed E-state index contributed by atoms with van der Waals surface area (Å²) in [6.45, 7) is 1.95. The summed E-state index contributed by atoms with van der Waals surface area (Å²) in [5.41, 5.74) is 0. The minimum absolute atomic E-state index is 0. The van der Waals surface area contributed by atoms with Gasteiger partial charge in [0.15, 0.2) is 0 Å². The summed E-state index contributed by atoms with van der Waals surface area (Å²) >= 11 is 0. The van der Waals surface area contributed by atoms with Crippen LogP contribution >= 0.6 is 0 Å². The second-order valence-corrected chi connectivity index (χ2v) is 1.48. The van der Waals surface area contributed by atoms with E-state index in [-0.39, 0.29) is 34.1 Å². The third-order valence-corrected chi connectivity index (χ3v) is 0.734. The number of carbonyl (C=O) groups is 1. The van der Waals surface area contributed by atoms with Gasteiger partial charge in [0.25, 0.3) is 0 Å². The van der Waals surface area contributed by atoms with Crippen molar-refractivity contribution in [3.8, 4) is 0 Å². The van der Waals surface area contributed by atoms with Gasteiger partial charge in [-0.25, -0.2) is 0 Å². The molecular formula is C5H9HgO2. The Kier molecular flexibility index (Phi) is 10.4. The molecule has 0 aromatic carbocycles. The van der Waals surface area contributed by atoms with E-state index in [9.17, 15) is 9.90 Å². The van der Waals surface area contributed by atoms with Crippen LogP contribution in [0.3, 0.4) is 0 Å². The summed E-state index contributed by atoms with van der Waals surface area (Å²) in [5, 5.41) is 9.65. The molecule has 0 unspecified atom stereocenters. The van der Waals surface area contributed by atoms with E-state index < -0.39 is 5.97 Å². The van der Waals surface area contributed by atoms with E-state index in [0.29, 0.717) is 0 Å². The van der Waals surface area contributed by atoms with Crippen molar-refractivity contribution in [1.29, 1.82) is 0 Å². The number of carboxylic acid groups (broad SMARTS) is 1. The van der Waals surface area contributed by atoms with Gasteiger partial charge in [-0.15, -0.1) is 0 Å². The van der Waals surface area contributed by atoms with Crippen LogP contribution in [0.1, 0.15) is 26.2 Å². The van der Waals surface area contributed by atoms with Crippen LogP contribution in [0.4, 0.5) is 0 Å². The number of hydrogen-bond acceptors (Lipinski definition) is 2. The molecule has 3 heteroatoms. The van der Waals surface area contributed by atoms with Crippen molar-refractivity contribution in [3.63, 3.8) is 0 Å². The predicted octanol–water partition coefficient (Wildman–Crippen LogP) is -0.0760. The van der Waals surface area contributed by atoms with Crippen molar-refractivity contribution in [2.75, 3.05) is 0 Å². The van der Waals surface area contributed by atoms with Gasteiger partial charge < -0.3 is 9.90 Å². The number of rotatable bonds is 3. The Bertz CT molecular complexity index is 63.4. The molecule has 0 saturated heterocycles.